The van der Waals surface area contributed by atoms with E-state index in [1.807, 2.05) is 23.1 Å². The van der Waals surface area contributed by atoms with Crippen molar-refractivity contribution in [1.29, 1.82) is 0 Å². The predicted octanol–water partition coefficient (Wildman–Crippen LogP) is 2.57. The van der Waals surface area contributed by atoms with Crippen molar-refractivity contribution in [2.45, 2.75) is 26.2 Å². The summed E-state index contributed by atoms with van der Waals surface area (Å²) >= 11 is 0. The number of aromatic nitrogens is 3. The molecule has 1 aliphatic heterocycles. The van der Waals surface area contributed by atoms with E-state index in [9.17, 15) is 4.79 Å². The number of amides is 1. The van der Waals surface area contributed by atoms with Gasteiger partial charge in [0.1, 0.15) is 18.9 Å². The Labute approximate surface area is 152 Å². The number of pyridine rings is 1. The lowest BCUT2D eigenvalue weighted by Gasteiger charge is -2.25. The third-order valence-corrected chi connectivity index (χ3v) is 4.46. The van der Waals surface area contributed by atoms with Crippen LogP contribution in [0.1, 0.15) is 36.7 Å². The van der Waals surface area contributed by atoms with Crippen LogP contribution in [0.4, 0.5) is 0 Å². The Morgan fingerprint density at radius 2 is 2.08 bits per heavy atom. The van der Waals surface area contributed by atoms with E-state index in [0.717, 1.165) is 13.0 Å². The molecule has 2 aromatic rings. The SMILES string of the molecule is CCCN(CC1CC1)C(=O)c1nc(-c2ccccn2)nc2c1OCCO2. The molecule has 0 aromatic carbocycles. The van der Waals surface area contributed by atoms with Gasteiger partial charge in [-0.2, -0.15) is 4.98 Å². The normalized spacial score (nSPS) is 15.6. The van der Waals surface area contributed by atoms with Gasteiger partial charge in [0.2, 0.25) is 5.75 Å². The first-order chi connectivity index (χ1) is 12.8. The number of nitrogens with zero attached hydrogens (tertiary/aromatic N) is 4. The van der Waals surface area contributed by atoms with Crippen LogP contribution in [0.15, 0.2) is 24.4 Å². The van der Waals surface area contributed by atoms with Crippen molar-refractivity contribution in [3.8, 4) is 23.1 Å². The van der Waals surface area contributed by atoms with Crippen molar-refractivity contribution < 1.29 is 14.3 Å². The van der Waals surface area contributed by atoms with Crippen LogP contribution in [-0.4, -0.2) is 52.1 Å². The molecule has 1 fully saturated rings. The van der Waals surface area contributed by atoms with Crippen molar-refractivity contribution in [2.24, 2.45) is 5.92 Å². The van der Waals surface area contributed by atoms with Gasteiger partial charge in [-0.15, -0.1) is 0 Å². The molecule has 0 unspecified atom stereocenters. The predicted molar refractivity (Wildman–Crippen MR) is 95.2 cm³/mol. The second kappa shape index (κ2) is 7.27. The molecule has 7 nitrogen and oxygen atoms in total. The fraction of sp³-hybridized carbons (Fsp3) is 0.474. The molecule has 2 aliphatic rings. The summed E-state index contributed by atoms with van der Waals surface area (Å²) in [6.45, 7) is 4.33. The molecule has 3 heterocycles. The summed E-state index contributed by atoms with van der Waals surface area (Å²) in [6, 6.07) is 5.50. The van der Waals surface area contributed by atoms with Crippen LogP contribution in [0, 0.1) is 5.92 Å². The van der Waals surface area contributed by atoms with Crippen LogP contribution in [-0.2, 0) is 0 Å². The van der Waals surface area contributed by atoms with Gasteiger partial charge in [-0.1, -0.05) is 13.0 Å². The van der Waals surface area contributed by atoms with E-state index >= 15 is 0 Å². The second-order valence-corrected chi connectivity index (χ2v) is 6.64. The number of ether oxygens (including phenoxy) is 2. The maximum atomic E-state index is 13.2. The first-order valence-electron chi connectivity index (χ1n) is 9.14. The van der Waals surface area contributed by atoms with Crippen LogP contribution in [0.2, 0.25) is 0 Å². The molecule has 0 N–H and O–H groups in total. The highest BCUT2D eigenvalue weighted by Gasteiger charge is 2.32. The minimum atomic E-state index is -0.125. The summed E-state index contributed by atoms with van der Waals surface area (Å²) in [7, 11) is 0. The summed E-state index contributed by atoms with van der Waals surface area (Å²) < 4.78 is 11.3. The molecular formula is C19H22N4O3. The Morgan fingerprint density at radius 1 is 1.23 bits per heavy atom. The van der Waals surface area contributed by atoms with Crippen LogP contribution >= 0.6 is 0 Å². The Hall–Kier alpha value is -2.70. The van der Waals surface area contributed by atoms with Crippen LogP contribution < -0.4 is 9.47 Å². The van der Waals surface area contributed by atoms with Crippen LogP contribution in [0.25, 0.3) is 11.5 Å². The van der Waals surface area contributed by atoms with Gasteiger partial charge in [0, 0.05) is 19.3 Å². The highest BCUT2D eigenvalue weighted by molar-refractivity contribution is 5.96. The standard InChI is InChI=1S/C19H22N4O3/c1-2-9-23(12-13-6-7-13)19(24)15-16-18(26-11-10-25-16)22-17(21-15)14-5-3-4-8-20-14/h3-5,8,13H,2,6-7,9-12H2,1H3. The van der Waals surface area contributed by atoms with Gasteiger partial charge in [-0.25, -0.2) is 4.98 Å². The van der Waals surface area contributed by atoms with Gasteiger partial charge >= 0.3 is 0 Å². The van der Waals surface area contributed by atoms with Crippen molar-refractivity contribution in [3.05, 3.63) is 30.1 Å². The van der Waals surface area contributed by atoms with Crippen LogP contribution in [0.3, 0.4) is 0 Å². The molecule has 0 spiro atoms. The number of carbonyl (C=O) groups is 1. The van der Waals surface area contributed by atoms with Gasteiger partial charge < -0.3 is 14.4 Å². The molecule has 136 valence electrons. The maximum absolute atomic E-state index is 13.2. The van der Waals surface area contributed by atoms with Crippen molar-refractivity contribution in [2.75, 3.05) is 26.3 Å². The smallest absolute Gasteiger partial charge is 0.276 e. The number of hydrogen-bond donors (Lipinski definition) is 0. The molecule has 0 radical (unpaired) electrons. The van der Waals surface area contributed by atoms with E-state index in [2.05, 4.69) is 21.9 Å². The zero-order valence-electron chi connectivity index (χ0n) is 14.9. The van der Waals surface area contributed by atoms with Crippen molar-refractivity contribution >= 4 is 5.91 Å². The first-order valence-corrected chi connectivity index (χ1v) is 9.14. The van der Waals surface area contributed by atoms with Gasteiger partial charge in [0.15, 0.2) is 11.5 Å². The minimum Gasteiger partial charge on any atom is -0.483 e. The number of hydrogen-bond acceptors (Lipinski definition) is 6. The largest absolute Gasteiger partial charge is 0.483 e. The summed E-state index contributed by atoms with van der Waals surface area (Å²) in [6.07, 6.45) is 4.95. The van der Waals surface area contributed by atoms with Crippen molar-refractivity contribution in [3.63, 3.8) is 0 Å². The highest BCUT2D eigenvalue weighted by atomic mass is 16.6. The number of fused-ring (bicyclic) bond motifs is 1. The highest BCUT2D eigenvalue weighted by Crippen LogP contribution is 2.35. The molecule has 4 rings (SSSR count). The van der Waals surface area contributed by atoms with Gasteiger partial charge in [-0.05, 0) is 37.3 Å². The molecule has 0 atom stereocenters. The molecule has 0 saturated heterocycles. The van der Waals surface area contributed by atoms with E-state index in [4.69, 9.17) is 9.47 Å². The van der Waals surface area contributed by atoms with Crippen LogP contribution in [0.5, 0.6) is 11.6 Å². The Bertz CT molecular complexity index is 793. The van der Waals surface area contributed by atoms with Gasteiger partial charge in [0.25, 0.3) is 11.8 Å². The van der Waals surface area contributed by atoms with Crippen molar-refractivity contribution in [1.82, 2.24) is 19.9 Å². The van der Waals surface area contributed by atoms with Gasteiger partial charge in [-0.3, -0.25) is 9.78 Å². The van der Waals surface area contributed by atoms with Gasteiger partial charge in [0.05, 0.1) is 0 Å². The molecule has 1 saturated carbocycles. The zero-order chi connectivity index (χ0) is 17.9. The minimum absolute atomic E-state index is 0.125. The Balaban J connectivity index is 1.74. The quantitative estimate of drug-likeness (QED) is 0.793. The molecule has 1 amide bonds. The zero-order valence-corrected chi connectivity index (χ0v) is 14.9. The van der Waals surface area contributed by atoms with E-state index in [-0.39, 0.29) is 11.6 Å². The third-order valence-electron chi connectivity index (χ3n) is 4.46. The maximum Gasteiger partial charge on any atom is 0.276 e. The van der Waals surface area contributed by atoms with E-state index in [1.165, 1.54) is 12.8 Å². The summed E-state index contributed by atoms with van der Waals surface area (Å²) in [5, 5.41) is 0. The van der Waals surface area contributed by atoms with E-state index < -0.39 is 0 Å². The first kappa shape index (κ1) is 16.8. The topological polar surface area (TPSA) is 77.4 Å². The summed E-state index contributed by atoms with van der Waals surface area (Å²) in [5.74, 6) is 1.52. The second-order valence-electron chi connectivity index (χ2n) is 6.64. The fourth-order valence-electron chi connectivity index (χ4n) is 3.00. The molecule has 26 heavy (non-hydrogen) atoms. The molecule has 7 heteroatoms. The monoisotopic (exact) mass is 354 g/mol. The third kappa shape index (κ3) is 3.47. The molecule has 1 aliphatic carbocycles. The van der Waals surface area contributed by atoms with E-state index in [0.29, 0.717) is 48.8 Å². The lowest BCUT2D eigenvalue weighted by Crippen LogP contribution is -2.35. The number of carbonyl (C=O) groups excluding carboxylic acids is 1. The Kier molecular flexibility index (Phi) is 4.69. The molecule has 0 bridgehead atoms. The summed E-state index contributed by atoms with van der Waals surface area (Å²) in [5.41, 5.74) is 0.868. The van der Waals surface area contributed by atoms with E-state index in [1.54, 1.807) is 6.20 Å². The lowest BCUT2D eigenvalue weighted by molar-refractivity contribution is 0.0728. The Morgan fingerprint density at radius 3 is 2.81 bits per heavy atom. The lowest BCUT2D eigenvalue weighted by atomic mass is 10.2. The average molecular weight is 354 g/mol. The average Bonchev–Trinajstić information content (AvgIpc) is 3.51. The fourth-order valence-corrected chi connectivity index (χ4v) is 3.00. The number of rotatable bonds is 6. The molecule has 2 aromatic heterocycles. The summed E-state index contributed by atoms with van der Waals surface area (Å²) in [4.78, 5) is 28.3. The molecular weight excluding hydrogens is 332 g/mol.